The van der Waals surface area contributed by atoms with Crippen LogP contribution in [0.25, 0.3) is 0 Å². The number of non-ortho nitro benzene ring substituents is 1. The second-order valence-electron chi connectivity index (χ2n) is 15.9. The first kappa shape index (κ1) is 46.7. The van der Waals surface area contributed by atoms with E-state index >= 15 is 0 Å². The fourth-order valence-corrected chi connectivity index (χ4v) is 9.31. The van der Waals surface area contributed by atoms with Crippen LogP contribution >= 0.6 is 0 Å². The van der Waals surface area contributed by atoms with Crippen LogP contribution in [0.5, 0.6) is 17.2 Å². The lowest BCUT2D eigenvalue weighted by Gasteiger charge is -2.59. The SMILES string of the molecule is C=CCOc1ccc2c(c1)[C@H]1[C@H](CCCCO)[C@@H](CCCCO)C=C3C(=NOC4CCCCO4)C[C@H](N(CCOCCO)C(=O)Oc4ccc([N+](=O)[O-])cc4)[C@@](OCC=C)(O2)[C@H]31. The van der Waals surface area contributed by atoms with E-state index in [2.05, 4.69) is 19.2 Å². The number of aliphatic hydroxyl groups excluding tert-OH is 3. The number of nitrogens with zero attached hydrogens (tertiary/aromatic N) is 3. The van der Waals surface area contributed by atoms with Crippen LogP contribution in [0, 0.1) is 27.9 Å². The summed E-state index contributed by atoms with van der Waals surface area (Å²) in [6.07, 6.45) is 11.1. The van der Waals surface area contributed by atoms with Crippen molar-refractivity contribution in [2.75, 3.05) is 59.4 Å². The van der Waals surface area contributed by atoms with Crippen LogP contribution in [0.3, 0.4) is 0 Å². The van der Waals surface area contributed by atoms with Gasteiger partial charge in [-0.25, -0.2) is 4.79 Å². The standard InChI is InChI=1S/C46H61N3O13/c1-3-24-57-35-18-19-40-38(30-35)43-36(12-6-9-22-51)32(11-5-8-21-50)29-37-39(47-62-42-13-7-10-26-58-42)31-41(46(61-40,44(37)43)59-25-4-2)48(20-27-56-28-23-52)45(53)60-34-16-14-33(15-17-34)49(54)55/h3-4,14-19,29-30,32,36,41-44,50-52H,1-2,5-13,20-28,31H2/t32-,36+,41-,42?,43+,44+,46+/m0/s1. The Morgan fingerprint density at radius 2 is 1.73 bits per heavy atom. The van der Waals surface area contributed by atoms with Crippen LogP contribution in [-0.4, -0.2) is 114 Å². The van der Waals surface area contributed by atoms with Gasteiger partial charge in [0.25, 0.3) is 5.69 Å². The van der Waals surface area contributed by atoms with E-state index in [4.69, 9.17) is 38.4 Å². The number of aliphatic hydroxyl groups is 3. The molecule has 2 aromatic rings. The quantitative estimate of drug-likeness (QED) is 0.0430. The molecule has 62 heavy (non-hydrogen) atoms. The van der Waals surface area contributed by atoms with Crippen LogP contribution in [0.1, 0.15) is 75.7 Å². The highest BCUT2D eigenvalue weighted by Gasteiger charge is 2.65. The Bertz CT molecular complexity index is 1870. The van der Waals surface area contributed by atoms with Crippen molar-refractivity contribution in [2.24, 2.45) is 22.9 Å². The molecule has 1 saturated carbocycles. The third kappa shape index (κ3) is 11.0. The first-order valence-electron chi connectivity index (χ1n) is 21.8. The normalized spacial score (nSPS) is 25.7. The van der Waals surface area contributed by atoms with E-state index in [1.54, 1.807) is 12.2 Å². The fraction of sp³-hybridized carbons (Fsp3) is 0.565. The highest BCUT2D eigenvalue weighted by Crippen LogP contribution is 2.62. The number of hydrogen-bond acceptors (Lipinski definition) is 14. The molecule has 2 fully saturated rings. The maximum atomic E-state index is 14.7. The number of unbranched alkanes of at least 4 members (excludes halogenated alkanes) is 2. The minimum absolute atomic E-state index is 0.0109. The van der Waals surface area contributed by atoms with Gasteiger partial charge in [0, 0.05) is 56.2 Å². The van der Waals surface area contributed by atoms with Crippen molar-refractivity contribution in [3.05, 3.63) is 95.1 Å². The molecule has 3 N–H and O–H groups in total. The van der Waals surface area contributed by atoms with E-state index in [0.29, 0.717) is 49.7 Å². The first-order valence-corrected chi connectivity index (χ1v) is 21.8. The number of hydrogen-bond donors (Lipinski definition) is 3. The van der Waals surface area contributed by atoms with E-state index < -0.39 is 35.1 Å². The monoisotopic (exact) mass is 863 g/mol. The van der Waals surface area contributed by atoms with Crippen molar-refractivity contribution in [1.82, 2.24) is 4.90 Å². The molecule has 4 aliphatic rings. The number of fused-ring (bicyclic) bond motifs is 2. The van der Waals surface area contributed by atoms with Crippen LogP contribution < -0.4 is 14.2 Å². The summed E-state index contributed by atoms with van der Waals surface area (Å²) in [5.41, 5.74) is 2.16. The third-order valence-electron chi connectivity index (χ3n) is 12.0. The summed E-state index contributed by atoms with van der Waals surface area (Å²) in [6.45, 7) is 8.59. The third-order valence-corrected chi connectivity index (χ3v) is 12.0. The Labute approximate surface area is 362 Å². The minimum Gasteiger partial charge on any atom is -0.490 e. The molecule has 0 radical (unpaired) electrons. The van der Waals surface area contributed by atoms with Gasteiger partial charge >= 0.3 is 6.09 Å². The summed E-state index contributed by atoms with van der Waals surface area (Å²) in [5, 5.41) is 45.7. The number of ether oxygens (including phenoxy) is 6. The van der Waals surface area contributed by atoms with Gasteiger partial charge in [0.05, 0.1) is 49.6 Å². The van der Waals surface area contributed by atoms with Gasteiger partial charge in [-0.1, -0.05) is 42.8 Å². The van der Waals surface area contributed by atoms with E-state index in [9.17, 15) is 30.2 Å². The summed E-state index contributed by atoms with van der Waals surface area (Å²) < 4.78 is 38.0. The van der Waals surface area contributed by atoms with Gasteiger partial charge in [0.2, 0.25) is 12.1 Å². The molecular weight excluding hydrogens is 803 g/mol. The number of amides is 1. The second kappa shape index (κ2) is 23.0. The molecule has 7 atom stereocenters. The summed E-state index contributed by atoms with van der Waals surface area (Å²) in [4.78, 5) is 33.3. The number of oxime groups is 1. The molecule has 1 amide bonds. The summed E-state index contributed by atoms with van der Waals surface area (Å²) >= 11 is 0. The Balaban J connectivity index is 1.56. The lowest BCUT2D eigenvalue weighted by Crippen LogP contribution is -2.70. The zero-order valence-electron chi connectivity index (χ0n) is 35.4. The number of nitro groups is 1. The average Bonchev–Trinajstić information content (AvgIpc) is 3.28. The number of nitro benzene ring substituents is 1. The average molecular weight is 864 g/mol. The minimum atomic E-state index is -1.59. The Hall–Kier alpha value is -4.84. The van der Waals surface area contributed by atoms with Crippen molar-refractivity contribution in [3.63, 3.8) is 0 Å². The number of carbonyl (C=O) groups is 1. The van der Waals surface area contributed by atoms with E-state index in [-0.39, 0.29) is 81.8 Å². The zero-order chi connectivity index (χ0) is 43.9. The van der Waals surface area contributed by atoms with Gasteiger partial charge in [-0.05, 0) is 86.3 Å². The van der Waals surface area contributed by atoms with Gasteiger partial charge in [0.15, 0.2) is 0 Å². The molecule has 2 aliphatic heterocycles. The molecule has 338 valence electrons. The number of benzene rings is 2. The molecular formula is C46H61N3O13. The molecule has 1 saturated heterocycles. The van der Waals surface area contributed by atoms with Crippen molar-refractivity contribution >= 4 is 17.5 Å². The van der Waals surface area contributed by atoms with Crippen molar-refractivity contribution < 1.29 is 58.3 Å². The molecule has 2 aromatic carbocycles. The molecule has 16 heteroatoms. The first-order chi connectivity index (χ1) is 30.3. The van der Waals surface area contributed by atoms with Gasteiger partial charge in [-0.2, -0.15) is 0 Å². The van der Waals surface area contributed by atoms with Crippen LogP contribution in [0.2, 0.25) is 0 Å². The highest BCUT2D eigenvalue weighted by atomic mass is 16.8. The van der Waals surface area contributed by atoms with Gasteiger partial charge in [-0.3, -0.25) is 15.0 Å². The largest absolute Gasteiger partial charge is 0.490 e. The summed E-state index contributed by atoms with van der Waals surface area (Å²) in [5.74, 6) is -1.24. The number of carbonyl (C=O) groups excluding carboxylic acids is 1. The number of allylic oxidation sites excluding steroid dienone is 1. The molecule has 0 spiro atoms. The maximum Gasteiger partial charge on any atom is 0.415 e. The molecule has 2 aliphatic carbocycles. The molecule has 0 aromatic heterocycles. The van der Waals surface area contributed by atoms with E-state index in [1.807, 2.05) is 18.2 Å². The zero-order valence-corrected chi connectivity index (χ0v) is 35.4. The fourth-order valence-electron chi connectivity index (χ4n) is 9.31. The molecule has 0 bridgehead atoms. The smallest absolute Gasteiger partial charge is 0.415 e. The molecule has 2 heterocycles. The Kier molecular flexibility index (Phi) is 17.3. The highest BCUT2D eigenvalue weighted by molar-refractivity contribution is 6.03. The van der Waals surface area contributed by atoms with Crippen molar-refractivity contribution in [1.29, 1.82) is 0 Å². The maximum absolute atomic E-state index is 14.7. The summed E-state index contributed by atoms with van der Waals surface area (Å²) in [6, 6.07) is 9.98. The second-order valence-corrected chi connectivity index (χ2v) is 15.9. The Morgan fingerprint density at radius 3 is 2.42 bits per heavy atom. The van der Waals surface area contributed by atoms with E-state index in [0.717, 1.165) is 49.7 Å². The summed E-state index contributed by atoms with van der Waals surface area (Å²) in [7, 11) is 0. The van der Waals surface area contributed by atoms with Gasteiger partial charge in [0.1, 0.15) is 29.9 Å². The topological polar surface area (TPSA) is 201 Å². The molecule has 6 rings (SSSR count). The predicted molar refractivity (Wildman–Crippen MR) is 229 cm³/mol. The Morgan fingerprint density at radius 1 is 0.968 bits per heavy atom. The number of rotatable bonds is 24. The lowest BCUT2D eigenvalue weighted by molar-refractivity contribution is -0.384. The van der Waals surface area contributed by atoms with Crippen LogP contribution in [-0.2, 0) is 19.0 Å². The molecule has 1 unspecified atom stereocenters. The van der Waals surface area contributed by atoms with Gasteiger partial charge < -0.3 is 48.6 Å². The predicted octanol–water partition coefficient (Wildman–Crippen LogP) is 6.83. The van der Waals surface area contributed by atoms with Crippen molar-refractivity contribution in [2.45, 2.75) is 88.2 Å². The molecule has 16 nitrogen and oxygen atoms in total. The lowest BCUT2D eigenvalue weighted by atomic mass is 9.55. The van der Waals surface area contributed by atoms with Crippen LogP contribution in [0.4, 0.5) is 10.5 Å². The van der Waals surface area contributed by atoms with Gasteiger partial charge in [-0.15, -0.1) is 6.58 Å². The van der Waals surface area contributed by atoms with Crippen LogP contribution in [0.15, 0.2) is 84.6 Å². The van der Waals surface area contributed by atoms with Crippen molar-refractivity contribution in [3.8, 4) is 17.2 Å². The van der Waals surface area contributed by atoms with E-state index in [1.165, 1.54) is 29.2 Å².